The molecule has 1 atom stereocenters. The third kappa shape index (κ3) is 2.52. The molecule has 106 valence electrons. The molecule has 1 amide bonds. The normalized spacial score (nSPS) is 17.1. The minimum absolute atomic E-state index is 0.139. The maximum Gasteiger partial charge on any atom is 0.235 e. The Morgan fingerprint density at radius 2 is 1.86 bits per heavy atom. The Morgan fingerprint density at radius 1 is 1.10 bits per heavy atom. The lowest BCUT2D eigenvalue weighted by atomic mass is 9.87. The molecule has 4 heteroatoms. The summed E-state index contributed by atoms with van der Waals surface area (Å²) in [6.45, 7) is 0. The summed E-state index contributed by atoms with van der Waals surface area (Å²) in [5.41, 5.74) is 2.04. The summed E-state index contributed by atoms with van der Waals surface area (Å²) in [5.74, 6) is -0.457. The number of Topliss-reactive ketones (excluding diaryl/α,β-unsaturated/α-hetero) is 1. The van der Waals surface area contributed by atoms with Gasteiger partial charge < -0.3 is 10.1 Å². The van der Waals surface area contributed by atoms with Gasteiger partial charge in [-0.2, -0.15) is 0 Å². The van der Waals surface area contributed by atoms with Crippen LogP contribution in [0.5, 0.6) is 5.75 Å². The fourth-order valence-electron chi connectivity index (χ4n) is 2.53. The number of methoxy groups -OCH3 is 1. The first-order valence-corrected chi connectivity index (χ1v) is 6.76. The van der Waals surface area contributed by atoms with Crippen molar-refractivity contribution in [2.45, 2.75) is 6.42 Å². The second-order valence-electron chi connectivity index (χ2n) is 5.01. The van der Waals surface area contributed by atoms with Crippen molar-refractivity contribution in [3.8, 4) is 5.75 Å². The molecule has 4 nitrogen and oxygen atoms in total. The lowest BCUT2D eigenvalue weighted by Crippen LogP contribution is -2.36. The van der Waals surface area contributed by atoms with Gasteiger partial charge in [0.15, 0.2) is 5.78 Å². The number of nitrogens with one attached hydrogen (secondary N) is 1. The predicted octanol–water partition coefficient (Wildman–Crippen LogP) is 2.69. The highest BCUT2D eigenvalue weighted by atomic mass is 16.5. The van der Waals surface area contributed by atoms with Gasteiger partial charge in [0.1, 0.15) is 11.7 Å². The van der Waals surface area contributed by atoms with E-state index in [0.29, 0.717) is 23.4 Å². The van der Waals surface area contributed by atoms with E-state index in [0.717, 1.165) is 5.56 Å². The van der Waals surface area contributed by atoms with Crippen LogP contribution in [0.1, 0.15) is 15.9 Å². The number of ether oxygens (including phenoxy) is 1. The number of ketones is 1. The summed E-state index contributed by atoms with van der Waals surface area (Å²) in [6.07, 6.45) is 0.414. The van der Waals surface area contributed by atoms with Crippen LogP contribution in [0, 0.1) is 5.92 Å². The number of carbonyl (C=O) groups excluding carboxylic acids is 2. The quantitative estimate of drug-likeness (QED) is 0.880. The van der Waals surface area contributed by atoms with E-state index in [-0.39, 0.29) is 11.7 Å². The Balaban J connectivity index is 1.91. The van der Waals surface area contributed by atoms with Crippen LogP contribution >= 0.6 is 0 Å². The molecule has 0 unspecified atom stereocenters. The number of rotatable bonds is 3. The first kappa shape index (κ1) is 13.4. The van der Waals surface area contributed by atoms with Crippen LogP contribution < -0.4 is 10.1 Å². The molecule has 0 saturated heterocycles. The number of hydrogen-bond acceptors (Lipinski definition) is 3. The molecule has 0 aromatic heterocycles. The van der Waals surface area contributed by atoms with Crippen molar-refractivity contribution in [3.05, 3.63) is 59.7 Å². The van der Waals surface area contributed by atoms with Crippen LogP contribution in [0.15, 0.2) is 48.5 Å². The summed E-state index contributed by atoms with van der Waals surface area (Å²) < 4.78 is 5.11. The second-order valence-corrected chi connectivity index (χ2v) is 5.01. The molecule has 0 spiro atoms. The fourth-order valence-corrected chi connectivity index (χ4v) is 2.53. The first-order valence-electron chi connectivity index (χ1n) is 6.76. The third-order valence-electron chi connectivity index (χ3n) is 3.67. The Kier molecular flexibility index (Phi) is 3.44. The van der Waals surface area contributed by atoms with E-state index >= 15 is 0 Å². The van der Waals surface area contributed by atoms with Gasteiger partial charge >= 0.3 is 0 Å². The maximum absolute atomic E-state index is 12.5. The molecule has 1 N–H and O–H groups in total. The van der Waals surface area contributed by atoms with E-state index in [1.165, 1.54) is 0 Å². The largest absolute Gasteiger partial charge is 0.497 e. The lowest BCUT2D eigenvalue weighted by molar-refractivity contribution is -0.118. The highest BCUT2D eigenvalue weighted by Gasteiger charge is 2.34. The monoisotopic (exact) mass is 281 g/mol. The lowest BCUT2D eigenvalue weighted by Gasteiger charge is -2.23. The molecule has 0 fully saturated rings. The minimum atomic E-state index is -0.673. The van der Waals surface area contributed by atoms with E-state index in [9.17, 15) is 9.59 Å². The van der Waals surface area contributed by atoms with Crippen molar-refractivity contribution in [2.24, 2.45) is 5.92 Å². The Hall–Kier alpha value is -2.62. The molecule has 0 bridgehead atoms. The van der Waals surface area contributed by atoms with Gasteiger partial charge in [-0.05, 0) is 24.1 Å². The van der Waals surface area contributed by atoms with Gasteiger partial charge in [-0.3, -0.25) is 9.59 Å². The molecule has 3 rings (SSSR count). The van der Waals surface area contributed by atoms with Crippen molar-refractivity contribution < 1.29 is 14.3 Å². The molecule has 0 radical (unpaired) electrons. The van der Waals surface area contributed by atoms with E-state index in [2.05, 4.69) is 5.32 Å². The Morgan fingerprint density at radius 3 is 2.57 bits per heavy atom. The van der Waals surface area contributed by atoms with Crippen molar-refractivity contribution >= 4 is 17.4 Å². The second kappa shape index (κ2) is 5.40. The molecule has 1 aliphatic heterocycles. The zero-order valence-electron chi connectivity index (χ0n) is 11.6. The average Bonchev–Trinajstić information content (AvgIpc) is 2.52. The zero-order valence-corrected chi connectivity index (χ0v) is 11.6. The van der Waals surface area contributed by atoms with E-state index in [4.69, 9.17) is 4.74 Å². The SMILES string of the molecule is COc1ccc2c(c1)NC(=O)[C@H](Cc1ccccc1)C2=O. The highest BCUT2D eigenvalue weighted by Crippen LogP contribution is 2.30. The molecular formula is C17H15NO3. The van der Waals surface area contributed by atoms with Crippen molar-refractivity contribution in [1.82, 2.24) is 0 Å². The molecule has 1 aliphatic rings. The van der Waals surface area contributed by atoms with Gasteiger partial charge in [0.2, 0.25) is 5.91 Å². The van der Waals surface area contributed by atoms with Gasteiger partial charge in [-0.1, -0.05) is 30.3 Å². The van der Waals surface area contributed by atoms with Gasteiger partial charge in [-0.25, -0.2) is 0 Å². The molecule has 2 aromatic carbocycles. The van der Waals surface area contributed by atoms with Gasteiger partial charge in [0.05, 0.1) is 12.8 Å². The average molecular weight is 281 g/mol. The number of hydrogen-bond donors (Lipinski definition) is 1. The van der Waals surface area contributed by atoms with Gasteiger partial charge in [0.25, 0.3) is 0 Å². The number of fused-ring (bicyclic) bond motifs is 1. The summed E-state index contributed by atoms with van der Waals surface area (Å²) >= 11 is 0. The van der Waals surface area contributed by atoms with E-state index in [1.807, 2.05) is 30.3 Å². The zero-order chi connectivity index (χ0) is 14.8. The van der Waals surface area contributed by atoms with Crippen LogP contribution in [0.4, 0.5) is 5.69 Å². The number of carbonyl (C=O) groups is 2. The van der Waals surface area contributed by atoms with Crippen molar-refractivity contribution in [3.63, 3.8) is 0 Å². The first-order chi connectivity index (χ1) is 10.2. The summed E-state index contributed by atoms with van der Waals surface area (Å²) in [7, 11) is 1.55. The molecule has 0 aliphatic carbocycles. The molecule has 0 saturated carbocycles. The predicted molar refractivity (Wildman–Crippen MR) is 79.6 cm³/mol. The minimum Gasteiger partial charge on any atom is -0.497 e. The molecular weight excluding hydrogens is 266 g/mol. The summed E-state index contributed by atoms with van der Waals surface area (Å²) in [5, 5.41) is 2.80. The standard InChI is InChI=1S/C17H15NO3/c1-21-12-7-8-13-15(10-12)18-17(20)14(16(13)19)9-11-5-3-2-4-6-11/h2-8,10,14H,9H2,1H3,(H,18,20)/t14-/m1/s1. The highest BCUT2D eigenvalue weighted by molar-refractivity contribution is 6.21. The van der Waals surface area contributed by atoms with Crippen LogP contribution in [0.2, 0.25) is 0 Å². The molecule has 21 heavy (non-hydrogen) atoms. The van der Waals surface area contributed by atoms with Crippen LogP contribution in [-0.2, 0) is 11.2 Å². The fraction of sp³-hybridized carbons (Fsp3) is 0.176. The summed E-state index contributed by atoms with van der Waals surface area (Å²) in [4.78, 5) is 24.7. The van der Waals surface area contributed by atoms with Crippen LogP contribution in [0.3, 0.4) is 0 Å². The smallest absolute Gasteiger partial charge is 0.235 e. The van der Waals surface area contributed by atoms with E-state index < -0.39 is 5.92 Å². The number of anilines is 1. The maximum atomic E-state index is 12.5. The Bertz CT molecular complexity index is 694. The summed E-state index contributed by atoms with van der Waals surface area (Å²) in [6, 6.07) is 14.7. The van der Waals surface area contributed by atoms with Gasteiger partial charge in [-0.15, -0.1) is 0 Å². The van der Waals surface area contributed by atoms with Crippen molar-refractivity contribution in [2.75, 3.05) is 12.4 Å². The van der Waals surface area contributed by atoms with E-state index in [1.54, 1.807) is 25.3 Å². The topological polar surface area (TPSA) is 55.4 Å². The number of benzene rings is 2. The van der Waals surface area contributed by atoms with Crippen LogP contribution in [0.25, 0.3) is 0 Å². The van der Waals surface area contributed by atoms with Crippen LogP contribution in [-0.4, -0.2) is 18.8 Å². The number of amides is 1. The van der Waals surface area contributed by atoms with Crippen molar-refractivity contribution in [1.29, 1.82) is 0 Å². The molecule has 2 aromatic rings. The van der Waals surface area contributed by atoms with Gasteiger partial charge in [0, 0.05) is 11.6 Å². The Labute approximate surface area is 122 Å². The third-order valence-corrected chi connectivity index (χ3v) is 3.67. The molecule has 1 heterocycles.